The third kappa shape index (κ3) is 7.63. The van der Waals surface area contributed by atoms with Gasteiger partial charge in [-0.05, 0) is 22.9 Å². The van der Waals surface area contributed by atoms with Gasteiger partial charge in [-0.15, -0.1) is 0 Å². The normalized spacial score (nSPS) is 10.9. The molecule has 15 heteroatoms. The van der Waals surface area contributed by atoms with Crippen LogP contribution in [0.2, 0.25) is 0 Å². The zero-order valence-corrected chi connectivity index (χ0v) is 25.0. The smallest absolute Gasteiger partial charge is 0.268 e. The SMILES string of the molecule is O=[N+]([O-])c1ccc(N=Nc2c([O-])ccc3ccccc23)c([O-])c1.O=[N+]([O-])c1ccc(N=Nc2c([O-])ccc3ccccc23)c([O-])c1.[Cr]. The molecule has 6 rings (SSSR count). The van der Waals surface area contributed by atoms with Gasteiger partial charge in [0.15, 0.2) is 0 Å². The van der Waals surface area contributed by atoms with Gasteiger partial charge in [-0.2, -0.15) is 20.5 Å². The molecule has 0 amide bonds. The molecular formula is C32H18CrN6O8-4. The minimum absolute atomic E-state index is 0. The van der Waals surface area contributed by atoms with Crippen molar-refractivity contribution in [2.75, 3.05) is 0 Å². The second kappa shape index (κ2) is 14.6. The maximum Gasteiger partial charge on any atom is 0.268 e. The molecular weight excluding hydrogens is 648 g/mol. The zero-order chi connectivity index (χ0) is 32.8. The van der Waals surface area contributed by atoms with Crippen LogP contribution in [0.15, 0.2) is 130 Å². The number of hydrogen-bond acceptors (Lipinski definition) is 12. The largest absolute Gasteiger partial charge is 0.871 e. The molecule has 0 atom stereocenters. The van der Waals surface area contributed by atoms with Crippen LogP contribution in [-0.4, -0.2) is 9.85 Å². The first-order chi connectivity index (χ1) is 22.1. The van der Waals surface area contributed by atoms with Crippen molar-refractivity contribution < 1.29 is 47.6 Å². The first-order valence-electron chi connectivity index (χ1n) is 13.2. The Morgan fingerprint density at radius 3 is 1.19 bits per heavy atom. The van der Waals surface area contributed by atoms with Crippen LogP contribution in [0.25, 0.3) is 21.5 Å². The van der Waals surface area contributed by atoms with Gasteiger partial charge in [-0.3, -0.25) is 20.2 Å². The molecule has 234 valence electrons. The average molecular weight is 667 g/mol. The van der Waals surface area contributed by atoms with E-state index in [2.05, 4.69) is 20.5 Å². The van der Waals surface area contributed by atoms with Crippen molar-refractivity contribution in [3.05, 3.63) is 129 Å². The molecule has 0 aliphatic rings. The molecule has 0 N–H and O–H groups in total. The fraction of sp³-hybridized carbons (Fsp3) is 0. The van der Waals surface area contributed by atoms with Gasteiger partial charge in [0, 0.05) is 52.4 Å². The van der Waals surface area contributed by atoms with E-state index in [-0.39, 0.29) is 63.0 Å². The summed E-state index contributed by atoms with van der Waals surface area (Å²) in [5, 5.41) is 86.9. The molecule has 0 heterocycles. The molecule has 6 aromatic rings. The minimum Gasteiger partial charge on any atom is -0.871 e. The van der Waals surface area contributed by atoms with Crippen LogP contribution in [0.1, 0.15) is 0 Å². The number of rotatable bonds is 6. The van der Waals surface area contributed by atoms with E-state index in [0.29, 0.717) is 10.8 Å². The summed E-state index contributed by atoms with van der Waals surface area (Å²) in [4.78, 5) is 19.9. The molecule has 0 saturated heterocycles. The van der Waals surface area contributed by atoms with Crippen molar-refractivity contribution >= 4 is 55.7 Å². The molecule has 6 aromatic carbocycles. The second-order valence-corrected chi connectivity index (χ2v) is 9.49. The van der Waals surface area contributed by atoms with Crippen LogP contribution < -0.4 is 20.4 Å². The van der Waals surface area contributed by atoms with Crippen molar-refractivity contribution in [2.45, 2.75) is 0 Å². The summed E-state index contributed by atoms with van der Waals surface area (Å²) in [6, 6.07) is 26.9. The van der Waals surface area contributed by atoms with Gasteiger partial charge < -0.3 is 20.4 Å². The number of hydrogen-bond donors (Lipinski definition) is 0. The predicted octanol–water partition coefficient (Wildman–Crippen LogP) is 6.62. The molecule has 0 fully saturated rings. The number of nitrogens with zero attached hydrogens (tertiary/aromatic N) is 6. The molecule has 0 spiro atoms. The molecule has 0 aromatic heterocycles. The Kier molecular flexibility index (Phi) is 10.4. The van der Waals surface area contributed by atoms with Gasteiger partial charge in [0.1, 0.15) is 0 Å². The van der Waals surface area contributed by atoms with E-state index in [0.717, 1.165) is 35.0 Å². The third-order valence-corrected chi connectivity index (χ3v) is 6.55. The molecule has 14 nitrogen and oxygen atoms in total. The van der Waals surface area contributed by atoms with Crippen LogP contribution in [0, 0.1) is 20.2 Å². The molecule has 0 unspecified atom stereocenters. The summed E-state index contributed by atoms with van der Waals surface area (Å²) in [6.45, 7) is 0. The summed E-state index contributed by atoms with van der Waals surface area (Å²) in [5.74, 6) is -1.89. The van der Waals surface area contributed by atoms with Crippen LogP contribution in [-0.2, 0) is 17.4 Å². The predicted molar refractivity (Wildman–Crippen MR) is 160 cm³/mol. The van der Waals surface area contributed by atoms with Gasteiger partial charge in [0.2, 0.25) is 0 Å². The maximum atomic E-state index is 12.0. The molecule has 47 heavy (non-hydrogen) atoms. The summed E-state index contributed by atoms with van der Waals surface area (Å²) < 4.78 is 0. The Bertz CT molecular complexity index is 2040. The summed E-state index contributed by atoms with van der Waals surface area (Å²) in [7, 11) is 0. The zero-order valence-electron chi connectivity index (χ0n) is 23.7. The van der Waals surface area contributed by atoms with Crippen molar-refractivity contribution in [1.82, 2.24) is 0 Å². The van der Waals surface area contributed by atoms with Crippen LogP contribution in [0.4, 0.5) is 34.1 Å². The first kappa shape index (κ1) is 33.5. The number of non-ortho nitro benzene ring substituents is 2. The molecule has 0 radical (unpaired) electrons. The van der Waals surface area contributed by atoms with Crippen LogP contribution in [0.3, 0.4) is 0 Å². The van der Waals surface area contributed by atoms with E-state index in [1.54, 1.807) is 36.4 Å². The number of fused-ring (bicyclic) bond motifs is 2. The molecule has 0 aliphatic carbocycles. The minimum atomic E-state index is -0.664. The van der Waals surface area contributed by atoms with Gasteiger partial charge in [0.05, 0.1) is 32.6 Å². The first-order valence-corrected chi connectivity index (χ1v) is 13.2. The van der Waals surface area contributed by atoms with Gasteiger partial charge in [-0.1, -0.05) is 95.8 Å². The summed E-state index contributed by atoms with van der Waals surface area (Å²) in [5.41, 5.74) is -0.514. The number of nitro groups is 2. The fourth-order valence-electron chi connectivity index (χ4n) is 4.28. The Balaban J connectivity index is 0.000000208. The van der Waals surface area contributed by atoms with Gasteiger partial charge in [0.25, 0.3) is 11.4 Å². The van der Waals surface area contributed by atoms with E-state index in [1.165, 1.54) is 24.3 Å². The van der Waals surface area contributed by atoms with Gasteiger partial charge in [-0.25, -0.2) is 0 Å². The van der Waals surface area contributed by atoms with Crippen molar-refractivity contribution in [3.63, 3.8) is 0 Å². The van der Waals surface area contributed by atoms with Crippen LogP contribution >= 0.6 is 0 Å². The Morgan fingerprint density at radius 1 is 0.447 bits per heavy atom. The van der Waals surface area contributed by atoms with E-state index < -0.39 is 21.3 Å². The van der Waals surface area contributed by atoms with Crippen LogP contribution in [0.5, 0.6) is 23.0 Å². The maximum absolute atomic E-state index is 12.0. The number of benzene rings is 6. The molecule has 0 aliphatic heterocycles. The Labute approximate surface area is 275 Å². The van der Waals surface area contributed by atoms with Gasteiger partial charge >= 0.3 is 0 Å². The fourth-order valence-corrected chi connectivity index (χ4v) is 4.28. The monoisotopic (exact) mass is 666 g/mol. The van der Waals surface area contributed by atoms with E-state index >= 15 is 0 Å². The van der Waals surface area contributed by atoms with Crippen molar-refractivity contribution in [3.8, 4) is 23.0 Å². The quantitative estimate of drug-likeness (QED) is 0.106. The standard InChI is InChI=1S/2C16H11N3O4.Cr/c2*20-14-8-5-10-3-1-2-4-12(10)16(14)18-17-13-7-6-11(19(22)23)9-15(13)21;/h2*1-9,20-21H;/p-4. The number of azo groups is 2. The molecule has 0 saturated carbocycles. The molecule has 0 bridgehead atoms. The Hall–Kier alpha value is -6.43. The van der Waals surface area contributed by atoms with E-state index in [9.17, 15) is 40.7 Å². The number of nitro benzene ring substituents is 2. The second-order valence-electron chi connectivity index (χ2n) is 9.49. The summed E-state index contributed by atoms with van der Waals surface area (Å²) >= 11 is 0. The average Bonchev–Trinajstić information content (AvgIpc) is 3.05. The van der Waals surface area contributed by atoms with E-state index in [1.807, 2.05) is 24.3 Å². The topological polar surface area (TPSA) is 228 Å². The summed E-state index contributed by atoms with van der Waals surface area (Å²) in [6.07, 6.45) is 0. The third-order valence-electron chi connectivity index (χ3n) is 6.55. The van der Waals surface area contributed by atoms with Crippen molar-refractivity contribution in [1.29, 1.82) is 0 Å². The van der Waals surface area contributed by atoms with E-state index in [4.69, 9.17) is 0 Å². The Morgan fingerprint density at radius 2 is 0.830 bits per heavy atom. The van der Waals surface area contributed by atoms with Crippen molar-refractivity contribution in [2.24, 2.45) is 20.5 Å².